The van der Waals surface area contributed by atoms with Gasteiger partial charge in [0.25, 0.3) is 11.8 Å². The molecular formula is C21H19FN2O3S. The summed E-state index contributed by atoms with van der Waals surface area (Å²) in [7, 11) is 0. The van der Waals surface area contributed by atoms with E-state index in [1.54, 1.807) is 42.1 Å². The first-order chi connectivity index (χ1) is 13.5. The number of thioether (sulfide) groups is 1. The molecule has 3 amide bonds. The predicted octanol–water partition coefficient (Wildman–Crippen LogP) is 3.56. The lowest BCUT2D eigenvalue weighted by Crippen LogP contribution is -2.33. The third-order valence-electron chi connectivity index (χ3n) is 5.01. The molecule has 2 aliphatic heterocycles. The molecular weight excluding hydrogens is 379 g/mol. The summed E-state index contributed by atoms with van der Waals surface area (Å²) in [5.41, 5.74) is 1.63. The molecule has 0 saturated heterocycles. The van der Waals surface area contributed by atoms with Crippen LogP contribution in [0, 0.1) is 5.82 Å². The second-order valence-corrected chi connectivity index (χ2v) is 7.99. The zero-order valence-electron chi connectivity index (χ0n) is 15.1. The zero-order chi connectivity index (χ0) is 19.7. The molecule has 1 unspecified atom stereocenters. The van der Waals surface area contributed by atoms with Crippen LogP contribution in [0.15, 0.2) is 47.4 Å². The van der Waals surface area contributed by atoms with E-state index < -0.39 is 0 Å². The molecule has 2 aromatic carbocycles. The molecule has 144 valence electrons. The Morgan fingerprint density at radius 1 is 1.14 bits per heavy atom. The van der Waals surface area contributed by atoms with Crippen LogP contribution in [0.1, 0.15) is 51.6 Å². The van der Waals surface area contributed by atoms with E-state index in [4.69, 9.17) is 0 Å². The van der Waals surface area contributed by atoms with Crippen LogP contribution < -0.4 is 5.32 Å². The van der Waals surface area contributed by atoms with E-state index in [9.17, 15) is 18.8 Å². The zero-order valence-corrected chi connectivity index (χ0v) is 15.9. The van der Waals surface area contributed by atoms with Crippen LogP contribution >= 0.6 is 11.8 Å². The molecule has 2 aliphatic rings. The average molecular weight is 398 g/mol. The highest BCUT2D eigenvalue weighted by Gasteiger charge is 2.34. The van der Waals surface area contributed by atoms with E-state index in [2.05, 4.69) is 5.32 Å². The Kier molecular flexibility index (Phi) is 5.17. The van der Waals surface area contributed by atoms with Gasteiger partial charge in [-0.25, -0.2) is 4.39 Å². The molecule has 2 heterocycles. The Morgan fingerprint density at radius 2 is 1.86 bits per heavy atom. The van der Waals surface area contributed by atoms with Crippen molar-refractivity contribution in [3.05, 3.63) is 65.0 Å². The van der Waals surface area contributed by atoms with Gasteiger partial charge in [-0.1, -0.05) is 12.1 Å². The summed E-state index contributed by atoms with van der Waals surface area (Å²) in [5, 5.41) is 2.96. The summed E-state index contributed by atoms with van der Waals surface area (Å²) < 4.78 is 13.6. The van der Waals surface area contributed by atoms with E-state index >= 15 is 0 Å². The molecule has 28 heavy (non-hydrogen) atoms. The van der Waals surface area contributed by atoms with Crippen LogP contribution in [0.25, 0.3) is 0 Å². The highest BCUT2D eigenvalue weighted by molar-refractivity contribution is 7.99. The van der Waals surface area contributed by atoms with Gasteiger partial charge in [0.1, 0.15) is 5.82 Å². The van der Waals surface area contributed by atoms with E-state index in [0.717, 1.165) is 22.6 Å². The maximum absolute atomic E-state index is 13.6. The summed E-state index contributed by atoms with van der Waals surface area (Å²) >= 11 is 1.66. The summed E-state index contributed by atoms with van der Waals surface area (Å²) in [5.74, 6) is -0.238. The van der Waals surface area contributed by atoms with Crippen LogP contribution in [0.5, 0.6) is 0 Å². The number of fused-ring (bicyclic) bond motifs is 2. The third kappa shape index (κ3) is 3.54. The minimum absolute atomic E-state index is 0.163. The normalized spacial score (nSPS) is 18.0. The van der Waals surface area contributed by atoms with Crippen molar-refractivity contribution >= 4 is 29.5 Å². The monoisotopic (exact) mass is 398 g/mol. The fourth-order valence-corrected chi connectivity index (χ4v) is 4.73. The van der Waals surface area contributed by atoms with Gasteiger partial charge in [0.05, 0.1) is 17.2 Å². The maximum Gasteiger partial charge on any atom is 0.261 e. The second-order valence-electron chi connectivity index (χ2n) is 6.85. The summed E-state index contributed by atoms with van der Waals surface area (Å²) in [6.45, 7) is 0.200. The second kappa shape index (κ2) is 7.75. The topological polar surface area (TPSA) is 66.5 Å². The molecule has 0 bridgehead atoms. The molecule has 0 fully saturated rings. The number of hydrogen-bond donors (Lipinski definition) is 1. The fourth-order valence-electron chi connectivity index (χ4n) is 3.62. The lowest BCUT2D eigenvalue weighted by atomic mass is 10.0. The van der Waals surface area contributed by atoms with Gasteiger partial charge in [-0.15, -0.1) is 11.8 Å². The maximum atomic E-state index is 13.6. The molecule has 0 aromatic heterocycles. The lowest BCUT2D eigenvalue weighted by Gasteiger charge is -2.26. The predicted molar refractivity (Wildman–Crippen MR) is 104 cm³/mol. The number of halogens is 1. The number of imide groups is 1. The first-order valence-electron chi connectivity index (χ1n) is 9.21. The molecule has 0 spiro atoms. The highest BCUT2D eigenvalue weighted by Crippen LogP contribution is 2.36. The largest absolute Gasteiger partial charge is 0.349 e. The number of carbonyl (C=O) groups is 3. The van der Waals surface area contributed by atoms with E-state index in [0.29, 0.717) is 17.5 Å². The number of nitrogens with zero attached hydrogens (tertiary/aromatic N) is 1. The third-order valence-corrected chi connectivity index (χ3v) is 6.13. The Hall–Kier alpha value is -2.67. The van der Waals surface area contributed by atoms with Crippen molar-refractivity contribution in [2.24, 2.45) is 0 Å². The van der Waals surface area contributed by atoms with Crippen LogP contribution in [-0.2, 0) is 4.79 Å². The molecule has 1 atom stereocenters. The smallest absolute Gasteiger partial charge is 0.261 e. The number of carbonyl (C=O) groups excluding carboxylic acids is 3. The minimum atomic E-state index is -0.314. The fraction of sp³-hybridized carbons (Fsp3) is 0.286. The van der Waals surface area contributed by atoms with Gasteiger partial charge in [0.15, 0.2) is 0 Å². The molecule has 0 saturated carbocycles. The van der Waals surface area contributed by atoms with Crippen LogP contribution in [0.3, 0.4) is 0 Å². The summed E-state index contributed by atoms with van der Waals surface area (Å²) in [4.78, 5) is 39.2. The van der Waals surface area contributed by atoms with Gasteiger partial charge in [-0.05, 0) is 48.7 Å². The lowest BCUT2D eigenvalue weighted by molar-refractivity contribution is -0.122. The number of benzene rings is 2. The number of nitrogens with one attached hydrogen (secondary N) is 1. The van der Waals surface area contributed by atoms with Gasteiger partial charge in [0.2, 0.25) is 5.91 Å². The highest BCUT2D eigenvalue weighted by atomic mass is 32.2. The molecule has 0 radical (unpaired) electrons. The summed E-state index contributed by atoms with van der Waals surface area (Å²) in [6, 6.07) is 11.2. The van der Waals surface area contributed by atoms with Crippen LogP contribution in [0.4, 0.5) is 4.39 Å². The van der Waals surface area contributed by atoms with Crippen molar-refractivity contribution in [3.63, 3.8) is 0 Å². The molecule has 4 rings (SSSR count). The van der Waals surface area contributed by atoms with Gasteiger partial charge in [-0.3, -0.25) is 19.3 Å². The van der Waals surface area contributed by atoms with Gasteiger partial charge in [-0.2, -0.15) is 0 Å². The first-order valence-corrected chi connectivity index (χ1v) is 10.2. The van der Waals surface area contributed by atoms with E-state index in [1.165, 1.54) is 17.0 Å². The van der Waals surface area contributed by atoms with Crippen molar-refractivity contribution in [1.29, 1.82) is 0 Å². The van der Waals surface area contributed by atoms with E-state index in [-0.39, 0.29) is 42.5 Å². The Balaban J connectivity index is 1.33. The van der Waals surface area contributed by atoms with Gasteiger partial charge >= 0.3 is 0 Å². The van der Waals surface area contributed by atoms with Crippen molar-refractivity contribution in [1.82, 2.24) is 10.2 Å². The molecule has 0 aliphatic carbocycles. The van der Waals surface area contributed by atoms with Crippen molar-refractivity contribution in [2.45, 2.75) is 30.2 Å². The SMILES string of the molecule is O=C(CCCN1C(=O)c2ccccc2C1=O)NC1CCSc2ccc(F)cc21. The minimum Gasteiger partial charge on any atom is -0.349 e. The van der Waals surface area contributed by atoms with Crippen molar-refractivity contribution in [2.75, 3.05) is 12.3 Å². The van der Waals surface area contributed by atoms with Crippen molar-refractivity contribution < 1.29 is 18.8 Å². The number of amides is 3. The van der Waals surface area contributed by atoms with Crippen LogP contribution in [0.2, 0.25) is 0 Å². The number of rotatable bonds is 5. The Morgan fingerprint density at radius 3 is 2.57 bits per heavy atom. The summed E-state index contributed by atoms with van der Waals surface area (Å²) in [6.07, 6.45) is 1.32. The Labute approximate surface area is 166 Å². The van der Waals surface area contributed by atoms with Crippen molar-refractivity contribution in [3.8, 4) is 0 Å². The molecule has 5 nitrogen and oxygen atoms in total. The number of hydrogen-bond acceptors (Lipinski definition) is 4. The Bertz CT molecular complexity index is 927. The van der Waals surface area contributed by atoms with Gasteiger partial charge in [0, 0.05) is 23.6 Å². The standard InChI is InChI=1S/C21H19FN2O3S/c22-13-7-8-18-16(12-13)17(9-11-28-18)23-19(25)6-3-10-24-20(26)14-4-1-2-5-15(14)21(24)27/h1-2,4-5,7-8,12,17H,3,6,9-11H2,(H,23,25). The molecule has 1 N–H and O–H groups in total. The van der Waals surface area contributed by atoms with Gasteiger partial charge < -0.3 is 5.32 Å². The molecule has 2 aromatic rings. The first kappa shape index (κ1) is 18.7. The average Bonchev–Trinajstić information content (AvgIpc) is 2.94. The quantitative estimate of drug-likeness (QED) is 0.782. The molecule has 7 heteroatoms. The van der Waals surface area contributed by atoms with Crippen LogP contribution in [-0.4, -0.2) is 34.9 Å². The van der Waals surface area contributed by atoms with E-state index in [1.807, 2.05) is 0 Å².